The molecule has 2 rings (SSSR count). The summed E-state index contributed by atoms with van der Waals surface area (Å²) in [4.78, 5) is 11.2. The summed E-state index contributed by atoms with van der Waals surface area (Å²) in [5.74, 6) is -0.391. The van der Waals surface area contributed by atoms with Crippen molar-refractivity contribution in [3.63, 3.8) is 0 Å². The van der Waals surface area contributed by atoms with Crippen molar-refractivity contribution in [2.75, 3.05) is 7.11 Å². The molecule has 0 bridgehead atoms. The molecular formula is C11H11N3O3. The Kier molecular flexibility index (Phi) is 3.15. The van der Waals surface area contributed by atoms with E-state index >= 15 is 0 Å². The van der Waals surface area contributed by atoms with Crippen molar-refractivity contribution in [1.29, 1.82) is 0 Å². The Balaban J connectivity index is 2.32. The summed E-state index contributed by atoms with van der Waals surface area (Å²) in [5, 5.41) is 16.6. The molecule has 1 aromatic carbocycles. The number of hydrogen-bond acceptors (Lipinski definition) is 5. The van der Waals surface area contributed by atoms with E-state index in [0.29, 0.717) is 11.3 Å². The molecule has 6 nitrogen and oxygen atoms in total. The Labute approximate surface area is 97.4 Å². The van der Waals surface area contributed by atoms with Crippen molar-refractivity contribution < 1.29 is 14.6 Å². The predicted octanol–water partition coefficient (Wildman–Crippen LogP) is 0.546. The van der Waals surface area contributed by atoms with E-state index in [1.165, 1.54) is 18.0 Å². The normalized spacial score (nSPS) is 10.2. The van der Waals surface area contributed by atoms with Crippen LogP contribution in [0.3, 0.4) is 0 Å². The Morgan fingerprint density at radius 3 is 2.71 bits per heavy atom. The summed E-state index contributed by atoms with van der Waals surface area (Å²) in [6.07, 6.45) is 1.48. The van der Waals surface area contributed by atoms with Crippen LogP contribution in [0.5, 0.6) is 0 Å². The molecule has 0 aliphatic heterocycles. The van der Waals surface area contributed by atoms with Gasteiger partial charge in [-0.3, -0.25) is 0 Å². The number of methoxy groups -OCH3 is 1. The maximum absolute atomic E-state index is 11.2. The maximum atomic E-state index is 11.2. The molecule has 0 aliphatic rings. The zero-order valence-corrected chi connectivity index (χ0v) is 9.20. The number of aromatic nitrogens is 3. The van der Waals surface area contributed by atoms with Gasteiger partial charge in [-0.05, 0) is 24.3 Å². The maximum Gasteiger partial charge on any atom is 0.337 e. The number of rotatable bonds is 3. The SMILES string of the molecule is COC(=O)c1ccc(-n2nncc2CO)cc1. The van der Waals surface area contributed by atoms with Gasteiger partial charge < -0.3 is 9.84 Å². The van der Waals surface area contributed by atoms with Gasteiger partial charge in [0.2, 0.25) is 0 Å². The van der Waals surface area contributed by atoms with E-state index in [-0.39, 0.29) is 6.61 Å². The first-order valence-corrected chi connectivity index (χ1v) is 4.95. The predicted molar refractivity (Wildman–Crippen MR) is 58.6 cm³/mol. The molecule has 0 atom stereocenters. The topological polar surface area (TPSA) is 77.2 Å². The van der Waals surface area contributed by atoms with E-state index in [4.69, 9.17) is 5.11 Å². The van der Waals surface area contributed by atoms with Crippen molar-refractivity contribution >= 4 is 5.97 Å². The molecular weight excluding hydrogens is 222 g/mol. The van der Waals surface area contributed by atoms with Gasteiger partial charge in [-0.15, -0.1) is 5.10 Å². The number of hydrogen-bond donors (Lipinski definition) is 1. The van der Waals surface area contributed by atoms with Crippen molar-refractivity contribution in [2.45, 2.75) is 6.61 Å². The summed E-state index contributed by atoms with van der Waals surface area (Å²) in [6, 6.07) is 6.67. The minimum atomic E-state index is -0.391. The van der Waals surface area contributed by atoms with E-state index in [1.807, 2.05) is 0 Å². The van der Waals surface area contributed by atoms with Gasteiger partial charge in [0.1, 0.15) is 0 Å². The number of aliphatic hydroxyl groups is 1. The molecule has 1 N–H and O–H groups in total. The summed E-state index contributed by atoms with van der Waals surface area (Å²) >= 11 is 0. The quantitative estimate of drug-likeness (QED) is 0.783. The molecule has 17 heavy (non-hydrogen) atoms. The van der Waals surface area contributed by atoms with Crippen LogP contribution in [0, 0.1) is 0 Å². The second-order valence-corrected chi connectivity index (χ2v) is 3.33. The monoisotopic (exact) mass is 233 g/mol. The third-order valence-corrected chi connectivity index (χ3v) is 2.31. The highest BCUT2D eigenvalue weighted by molar-refractivity contribution is 5.89. The summed E-state index contributed by atoms with van der Waals surface area (Å²) < 4.78 is 6.10. The largest absolute Gasteiger partial charge is 0.465 e. The number of aliphatic hydroxyl groups excluding tert-OH is 1. The third-order valence-electron chi connectivity index (χ3n) is 2.31. The highest BCUT2D eigenvalue weighted by Crippen LogP contribution is 2.11. The first kappa shape index (κ1) is 11.3. The van der Waals surface area contributed by atoms with Crippen LogP contribution in [0.15, 0.2) is 30.5 Å². The lowest BCUT2D eigenvalue weighted by Crippen LogP contribution is -2.04. The number of nitrogens with zero attached hydrogens (tertiary/aromatic N) is 3. The van der Waals surface area contributed by atoms with Gasteiger partial charge in [0, 0.05) is 0 Å². The van der Waals surface area contributed by atoms with Crippen LogP contribution in [-0.2, 0) is 11.3 Å². The lowest BCUT2D eigenvalue weighted by Gasteiger charge is -2.04. The van der Waals surface area contributed by atoms with Crippen molar-refractivity contribution in [2.24, 2.45) is 0 Å². The van der Waals surface area contributed by atoms with Crippen LogP contribution in [0.25, 0.3) is 5.69 Å². The van der Waals surface area contributed by atoms with Gasteiger partial charge in [0.15, 0.2) is 0 Å². The van der Waals surface area contributed by atoms with E-state index in [1.54, 1.807) is 24.3 Å². The van der Waals surface area contributed by atoms with Gasteiger partial charge in [0.05, 0.1) is 36.9 Å². The molecule has 2 aromatic rings. The molecule has 0 amide bonds. The standard InChI is InChI=1S/C11H11N3O3/c1-17-11(16)8-2-4-9(5-3-8)14-10(7-15)6-12-13-14/h2-6,15H,7H2,1H3. The second kappa shape index (κ2) is 4.75. The Morgan fingerprint density at radius 2 is 2.12 bits per heavy atom. The van der Waals surface area contributed by atoms with Crippen LogP contribution in [-0.4, -0.2) is 33.2 Å². The fourth-order valence-corrected chi connectivity index (χ4v) is 1.44. The molecule has 0 radical (unpaired) electrons. The average Bonchev–Trinajstić information content (AvgIpc) is 2.86. The molecule has 6 heteroatoms. The fraction of sp³-hybridized carbons (Fsp3) is 0.182. The summed E-state index contributed by atoms with van der Waals surface area (Å²) in [7, 11) is 1.33. The first-order chi connectivity index (χ1) is 8.26. The van der Waals surface area contributed by atoms with Crippen LogP contribution in [0.1, 0.15) is 16.1 Å². The van der Waals surface area contributed by atoms with Crippen LogP contribution in [0.2, 0.25) is 0 Å². The molecule has 0 aliphatic carbocycles. The second-order valence-electron chi connectivity index (χ2n) is 3.33. The fourth-order valence-electron chi connectivity index (χ4n) is 1.44. The molecule has 0 saturated heterocycles. The van der Waals surface area contributed by atoms with E-state index in [2.05, 4.69) is 15.0 Å². The minimum absolute atomic E-state index is 0.147. The number of benzene rings is 1. The zero-order valence-electron chi connectivity index (χ0n) is 9.20. The van der Waals surface area contributed by atoms with Crippen LogP contribution >= 0.6 is 0 Å². The van der Waals surface area contributed by atoms with Crippen LogP contribution in [0.4, 0.5) is 0 Å². The smallest absolute Gasteiger partial charge is 0.337 e. The summed E-state index contributed by atoms with van der Waals surface area (Å²) in [5.41, 5.74) is 1.76. The van der Waals surface area contributed by atoms with Gasteiger partial charge >= 0.3 is 5.97 Å². The Bertz CT molecular complexity index is 519. The highest BCUT2D eigenvalue weighted by Gasteiger charge is 2.07. The average molecular weight is 233 g/mol. The van der Waals surface area contributed by atoms with Gasteiger partial charge in [-0.1, -0.05) is 5.21 Å². The summed E-state index contributed by atoms with van der Waals surface area (Å²) in [6.45, 7) is -0.147. The zero-order chi connectivity index (χ0) is 12.3. The molecule has 0 fully saturated rings. The Hall–Kier alpha value is -2.21. The highest BCUT2D eigenvalue weighted by atomic mass is 16.5. The molecule has 1 aromatic heterocycles. The lowest BCUT2D eigenvalue weighted by molar-refractivity contribution is 0.0600. The van der Waals surface area contributed by atoms with Crippen molar-refractivity contribution in [3.05, 3.63) is 41.7 Å². The van der Waals surface area contributed by atoms with Gasteiger partial charge in [-0.2, -0.15) is 0 Å². The molecule has 0 saturated carbocycles. The molecule has 88 valence electrons. The number of ether oxygens (including phenoxy) is 1. The number of esters is 1. The van der Waals surface area contributed by atoms with Crippen molar-refractivity contribution in [3.8, 4) is 5.69 Å². The Morgan fingerprint density at radius 1 is 1.41 bits per heavy atom. The van der Waals surface area contributed by atoms with Gasteiger partial charge in [-0.25, -0.2) is 9.48 Å². The third kappa shape index (κ3) is 2.16. The lowest BCUT2D eigenvalue weighted by atomic mass is 10.2. The number of carbonyl (C=O) groups is 1. The van der Waals surface area contributed by atoms with Gasteiger partial charge in [0.25, 0.3) is 0 Å². The first-order valence-electron chi connectivity index (χ1n) is 4.95. The van der Waals surface area contributed by atoms with E-state index in [0.717, 1.165) is 5.69 Å². The van der Waals surface area contributed by atoms with Crippen molar-refractivity contribution in [1.82, 2.24) is 15.0 Å². The minimum Gasteiger partial charge on any atom is -0.465 e. The molecule has 0 unspecified atom stereocenters. The molecule has 0 spiro atoms. The molecule has 1 heterocycles. The van der Waals surface area contributed by atoms with E-state index < -0.39 is 5.97 Å². The van der Waals surface area contributed by atoms with E-state index in [9.17, 15) is 4.79 Å². The van der Waals surface area contributed by atoms with Crippen LogP contribution < -0.4 is 0 Å². The number of carbonyl (C=O) groups excluding carboxylic acids is 1.